The zero-order valence-electron chi connectivity index (χ0n) is 10.6. The van der Waals surface area contributed by atoms with Crippen molar-refractivity contribution >= 4 is 11.8 Å². The molecule has 0 radical (unpaired) electrons. The molecule has 0 aromatic carbocycles. The Kier molecular flexibility index (Phi) is 7.96. The lowest BCUT2D eigenvalue weighted by Gasteiger charge is -2.11. The van der Waals surface area contributed by atoms with Gasteiger partial charge in [0.1, 0.15) is 0 Å². The van der Waals surface area contributed by atoms with Crippen LogP contribution in [0.2, 0.25) is 0 Å². The smallest absolute Gasteiger partial charge is 0.187 e. The van der Waals surface area contributed by atoms with Crippen molar-refractivity contribution in [1.29, 1.82) is 0 Å². The molecule has 17 heavy (non-hydrogen) atoms. The van der Waals surface area contributed by atoms with Gasteiger partial charge in [-0.15, -0.1) is 0 Å². The van der Waals surface area contributed by atoms with E-state index in [1.54, 1.807) is 24.2 Å². The predicted octanol–water partition coefficient (Wildman–Crippen LogP) is 1.97. The van der Waals surface area contributed by atoms with E-state index in [1.165, 1.54) is 0 Å². The van der Waals surface area contributed by atoms with Gasteiger partial charge >= 0.3 is 0 Å². The highest BCUT2D eigenvalue weighted by Gasteiger charge is 2.05. The van der Waals surface area contributed by atoms with E-state index in [2.05, 4.69) is 22.2 Å². The zero-order valence-corrected chi connectivity index (χ0v) is 11.4. The minimum Gasteiger partial charge on any atom is -0.382 e. The van der Waals surface area contributed by atoms with Crippen LogP contribution in [0.5, 0.6) is 0 Å². The van der Waals surface area contributed by atoms with Gasteiger partial charge in [-0.2, -0.15) is 0 Å². The van der Waals surface area contributed by atoms with Gasteiger partial charge in [0.15, 0.2) is 5.16 Å². The summed E-state index contributed by atoms with van der Waals surface area (Å²) in [5.41, 5.74) is 0. The van der Waals surface area contributed by atoms with Crippen LogP contribution < -0.4 is 5.32 Å². The highest BCUT2D eigenvalue weighted by atomic mass is 32.2. The average molecular weight is 255 g/mol. The molecule has 0 amide bonds. The maximum atomic E-state index is 5.27. The number of hydrogen-bond acceptors (Lipinski definition) is 5. The van der Waals surface area contributed by atoms with Crippen LogP contribution in [0.15, 0.2) is 23.6 Å². The highest BCUT2D eigenvalue weighted by molar-refractivity contribution is 7.99. The van der Waals surface area contributed by atoms with Gasteiger partial charge in [-0.25, -0.2) is 9.97 Å². The molecular formula is C12H21N3OS. The van der Waals surface area contributed by atoms with Crippen molar-refractivity contribution in [2.24, 2.45) is 0 Å². The number of nitrogens with zero attached hydrogens (tertiary/aromatic N) is 2. The van der Waals surface area contributed by atoms with Crippen molar-refractivity contribution in [3.8, 4) is 0 Å². The number of aromatic nitrogens is 2. The highest BCUT2D eigenvalue weighted by Crippen LogP contribution is 2.17. The topological polar surface area (TPSA) is 47.0 Å². The maximum absolute atomic E-state index is 5.27. The molecule has 0 aliphatic heterocycles. The van der Waals surface area contributed by atoms with Crippen LogP contribution in [0, 0.1) is 0 Å². The summed E-state index contributed by atoms with van der Waals surface area (Å²) in [5.74, 6) is 0. The molecule has 0 aliphatic carbocycles. The summed E-state index contributed by atoms with van der Waals surface area (Å²) in [5, 5.41) is 4.73. The first-order valence-electron chi connectivity index (χ1n) is 6.05. The van der Waals surface area contributed by atoms with Gasteiger partial charge in [-0.1, -0.05) is 18.7 Å². The van der Waals surface area contributed by atoms with Crippen LogP contribution in [0.4, 0.5) is 0 Å². The average Bonchev–Trinajstić information content (AvgIpc) is 2.35. The van der Waals surface area contributed by atoms with Crippen LogP contribution in [-0.2, 0) is 4.74 Å². The van der Waals surface area contributed by atoms with Crippen molar-refractivity contribution in [1.82, 2.24) is 15.3 Å². The van der Waals surface area contributed by atoms with E-state index in [1.807, 2.05) is 13.0 Å². The number of nitrogens with one attached hydrogen (secondary N) is 1. The lowest BCUT2D eigenvalue weighted by Crippen LogP contribution is -2.24. The molecule has 0 saturated carbocycles. The second-order valence-corrected chi connectivity index (χ2v) is 5.12. The number of hydrogen-bond donors (Lipinski definition) is 1. The molecule has 0 spiro atoms. The molecule has 5 heteroatoms. The van der Waals surface area contributed by atoms with E-state index in [9.17, 15) is 0 Å². The molecule has 1 N–H and O–H groups in total. The van der Waals surface area contributed by atoms with Crippen LogP contribution >= 0.6 is 11.8 Å². The third-order valence-corrected chi connectivity index (χ3v) is 3.12. The van der Waals surface area contributed by atoms with Gasteiger partial charge in [-0.3, -0.25) is 0 Å². The number of rotatable bonds is 9. The fraction of sp³-hybridized carbons (Fsp3) is 0.667. The molecule has 4 nitrogen and oxygen atoms in total. The third-order valence-electron chi connectivity index (χ3n) is 2.13. The second-order valence-electron chi connectivity index (χ2n) is 3.71. The predicted molar refractivity (Wildman–Crippen MR) is 71.3 cm³/mol. The summed E-state index contributed by atoms with van der Waals surface area (Å²) in [6.07, 6.45) is 4.61. The lowest BCUT2D eigenvalue weighted by atomic mass is 10.4. The lowest BCUT2D eigenvalue weighted by molar-refractivity contribution is 0.145. The normalized spacial score (nSPS) is 12.6. The summed E-state index contributed by atoms with van der Waals surface area (Å²) >= 11 is 1.70. The Morgan fingerprint density at radius 3 is 2.88 bits per heavy atom. The van der Waals surface area contributed by atoms with E-state index in [0.717, 1.165) is 37.9 Å². The van der Waals surface area contributed by atoms with Crippen LogP contribution in [-0.4, -0.2) is 41.5 Å². The van der Waals surface area contributed by atoms with E-state index in [0.29, 0.717) is 5.25 Å². The van der Waals surface area contributed by atoms with Crippen LogP contribution in [0.1, 0.15) is 20.3 Å². The van der Waals surface area contributed by atoms with Crippen molar-refractivity contribution < 1.29 is 4.74 Å². The fourth-order valence-electron chi connectivity index (χ4n) is 1.32. The monoisotopic (exact) mass is 255 g/mol. The molecule has 1 aromatic heterocycles. The molecule has 1 rings (SSSR count). The third kappa shape index (κ3) is 7.31. The minimum absolute atomic E-state index is 0.476. The minimum atomic E-state index is 0.476. The van der Waals surface area contributed by atoms with Crippen LogP contribution in [0.3, 0.4) is 0 Å². The van der Waals surface area contributed by atoms with Gasteiger partial charge in [0.05, 0.1) is 0 Å². The summed E-state index contributed by atoms with van der Waals surface area (Å²) < 4.78 is 5.27. The molecule has 0 bridgehead atoms. The molecule has 1 unspecified atom stereocenters. The standard InChI is InChI=1S/C12H21N3OS/c1-3-16-9-5-6-13-10-11(2)17-12-14-7-4-8-15-12/h4,7-8,11,13H,3,5-6,9-10H2,1-2H3. The van der Waals surface area contributed by atoms with Crippen molar-refractivity contribution in [2.75, 3.05) is 26.3 Å². The van der Waals surface area contributed by atoms with E-state index < -0.39 is 0 Å². The van der Waals surface area contributed by atoms with Crippen molar-refractivity contribution in [3.63, 3.8) is 0 Å². The summed E-state index contributed by atoms with van der Waals surface area (Å²) in [6, 6.07) is 1.83. The fourth-order valence-corrected chi connectivity index (χ4v) is 2.12. The Labute approximate surface area is 108 Å². The molecule has 0 saturated heterocycles. The Hall–Kier alpha value is -0.650. The summed E-state index contributed by atoms with van der Waals surface area (Å²) in [7, 11) is 0. The first-order chi connectivity index (χ1) is 8.33. The van der Waals surface area contributed by atoms with Crippen LogP contribution in [0.25, 0.3) is 0 Å². The van der Waals surface area contributed by atoms with Gasteiger partial charge in [0, 0.05) is 37.4 Å². The van der Waals surface area contributed by atoms with E-state index in [-0.39, 0.29) is 0 Å². The molecule has 1 atom stereocenters. The van der Waals surface area contributed by atoms with Crippen molar-refractivity contribution in [2.45, 2.75) is 30.7 Å². The van der Waals surface area contributed by atoms with E-state index >= 15 is 0 Å². The first-order valence-corrected chi connectivity index (χ1v) is 6.93. The zero-order chi connectivity index (χ0) is 12.3. The van der Waals surface area contributed by atoms with E-state index in [4.69, 9.17) is 4.74 Å². The quantitative estimate of drug-likeness (QED) is 0.415. The summed E-state index contributed by atoms with van der Waals surface area (Å²) in [4.78, 5) is 8.38. The second kappa shape index (κ2) is 9.39. The molecule has 1 aromatic rings. The molecule has 1 heterocycles. The largest absolute Gasteiger partial charge is 0.382 e. The molecular weight excluding hydrogens is 234 g/mol. The van der Waals surface area contributed by atoms with Crippen molar-refractivity contribution in [3.05, 3.63) is 18.5 Å². The maximum Gasteiger partial charge on any atom is 0.187 e. The Morgan fingerprint density at radius 2 is 2.18 bits per heavy atom. The molecule has 0 fully saturated rings. The Morgan fingerprint density at radius 1 is 1.41 bits per heavy atom. The summed E-state index contributed by atoms with van der Waals surface area (Å²) in [6.45, 7) is 7.81. The van der Waals surface area contributed by atoms with Gasteiger partial charge in [-0.05, 0) is 26.0 Å². The SMILES string of the molecule is CCOCCCNCC(C)Sc1ncccn1. The molecule has 0 aliphatic rings. The number of ether oxygens (including phenoxy) is 1. The van der Waals surface area contributed by atoms with Gasteiger partial charge in [0.2, 0.25) is 0 Å². The Bertz CT molecular complexity index is 284. The van der Waals surface area contributed by atoms with Gasteiger partial charge < -0.3 is 10.1 Å². The number of thioether (sulfide) groups is 1. The van der Waals surface area contributed by atoms with Gasteiger partial charge in [0.25, 0.3) is 0 Å². The first kappa shape index (κ1) is 14.4. The Balaban J connectivity index is 2.03. The molecule has 96 valence electrons.